The standard InChI is InChI=1S/C20H36N2O7/c1-6-16(3)17(24)27-11-12-29-18(25)21-8-7-15(2)13-20(4,5)14-22-19(26)28-10-9-23/h6,15,23H,7-14H2,1-5H3,(H,21,25)(H,22,26). The zero-order valence-electron chi connectivity index (χ0n) is 18.2. The Morgan fingerprint density at radius 1 is 1.03 bits per heavy atom. The molecule has 9 heteroatoms. The number of aliphatic hydroxyl groups is 1. The Labute approximate surface area is 173 Å². The zero-order valence-corrected chi connectivity index (χ0v) is 18.2. The first-order valence-electron chi connectivity index (χ1n) is 9.83. The van der Waals surface area contributed by atoms with Crippen LogP contribution in [0.3, 0.4) is 0 Å². The van der Waals surface area contributed by atoms with Gasteiger partial charge in [-0.15, -0.1) is 0 Å². The van der Waals surface area contributed by atoms with Gasteiger partial charge < -0.3 is 30.0 Å². The fourth-order valence-electron chi connectivity index (χ4n) is 2.59. The van der Waals surface area contributed by atoms with E-state index >= 15 is 0 Å². The summed E-state index contributed by atoms with van der Waals surface area (Å²) in [7, 11) is 0. The maximum atomic E-state index is 11.6. The van der Waals surface area contributed by atoms with Crippen molar-refractivity contribution >= 4 is 18.2 Å². The van der Waals surface area contributed by atoms with Crippen LogP contribution in [-0.2, 0) is 19.0 Å². The summed E-state index contributed by atoms with van der Waals surface area (Å²) >= 11 is 0. The Kier molecular flexibility index (Phi) is 13.5. The molecular formula is C20H36N2O7. The number of carbonyl (C=O) groups is 3. The van der Waals surface area contributed by atoms with Crippen LogP contribution in [0.15, 0.2) is 11.6 Å². The second-order valence-corrected chi connectivity index (χ2v) is 7.65. The fraction of sp³-hybridized carbons (Fsp3) is 0.750. The molecule has 9 nitrogen and oxygen atoms in total. The molecule has 0 rings (SSSR count). The summed E-state index contributed by atoms with van der Waals surface area (Å²) in [5, 5.41) is 14.0. The smallest absolute Gasteiger partial charge is 0.407 e. The molecule has 0 aliphatic carbocycles. The molecule has 0 saturated heterocycles. The Balaban J connectivity index is 3.92. The lowest BCUT2D eigenvalue weighted by Gasteiger charge is -2.28. The molecule has 2 amide bonds. The van der Waals surface area contributed by atoms with E-state index in [1.54, 1.807) is 19.9 Å². The number of alkyl carbamates (subject to hydrolysis) is 2. The average molecular weight is 417 g/mol. The average Bonchev–Trinajstić information content (AvgIpc) is 2.66. The zero-order chi connectivity index (χ0) is 22.3. The summed E-state index contributed by atoms with van der Waals surface area (Å²) in [6, 6.07) is 0. The number of hydrogen-bond donors (Lipinski definition) is 3. The third kappa shape index (κ3) is 14.4. The number of nitrogens with one attached hydrogen (secondary N) is 2. The van der Waals surface area contributed by atoms with Gasteiger partial charge in [0.15, 0.2) is 0 Å². The second-order valence-electron chi connectivity index (χ2n) is 7.65. The minimum absolute atomic E-state index is 0.00476. The van der Waals surface area contributed by atoms with Gasteiger partial charge in [-0.2, -0.15) is 0 Å². The number of allylic oxidation sites excluding steroid dienone is 1. The highest BCUT2D eigenvalue weighted by molar-refractivity contribution is 5.87. The molecule has 0 aromatic rings. The van der Waals surface area contributed by atoms with E-state index < -0.39 is 18.2 Å². The van der Waals surface area contributed by atoms with E-state index in [2.05, 4.69) is 17.6 Å². The third-order valence-corrected chi connectivity index (χ3v) is 4.15. The number of carbonyl (C=O) groups excluding carboxylic acids is 3. The van der Waals surface area contributed by atoms with E-state index in [0.29, 0.717) is 24.6 Å². The van der Waals surface area contributed by atoms with Crippen LogP contribution < -0.4 is 10.6 Å². The lowest BCUT2D eigenvalue weighted by molar-refractivity contribution is -0.139. The highest BCUT2D eigenvalue weighted by Crippen LogP contribution is 2.26. The summed E-state index contributed by atoms with van der Waals surface area (Å²) < 4.78 is 14.7. The van der Waals surface area contributed by atoms with Gasteiger partial charge in [0.05, 0.1) is 6.61 Å². The molecule has 0 saturated carbocycles. The van der Waals surface area contributed by atoms with Gasteiger partial charge >= 0.3 is 18.2 Å². The minimum Gasteiger partial charge on any atom is -0.459 e. The van der Waals surface area contributed by atoms with E-state index in [0.717, 1.165) is 12.8 Å². The van der Waals surface area contributed by atoms with Gasteiger partial charge in [-0.25, -0.2) is 14.4 Å². The van der Waals surface area contributed by atoms with Crippen LogP contribution in [0.4, 0.5) is 9.59 Å². The summed E-state index contributed by atoms with van der Waals surface area (Å²) in [6.45, 7) is 10.2. The molecule has 0 aliphatic rings. The van der Waals surface area contributed by atoms with Crippen molar-refractivity contribution in [3.63, 3.8) is 0 Å². The predicted octanol–water partition coefficient (Wildman–Crippen LogP) is 2.38. The SMILES string of the molecule is CC=C(C)C(=O)OCCOC(=O)NCCC(C)CC(C)(C)CNC(=O)OCCO. The van der Waals surface area contributed by atoms with Crippen molar-refractivity contribution in [2.75, 3.05) is 39.5 Å². The number of aliphatic hydroxyl groups excluding tert-OH is 1. The van der Waals surface area contributed by atoms with Crippen molar-refractivity contribution in [3.8, 4) is 0 Å². The summed E-state index contributed by atoms with van der Waals surface area (Å²) in [5.74, 6) is -0.116. The van der Waals surface area contributed by atoms with Crippen LogP contribution in [0, 0.1) is 11.3 Å². The van der Waals surface area contributed by atoms with Crippen LogP contribution in [0.5, 0.6) is 0 Å². The molecular weight excluding hydrogens is 380 g/mol. The van der Waals surface area contributed by atoms with Crippen LogP contribution >= 0.6 is 0 Å². The Morgan fingerprint density at radius 2 is 1.62 bits per heavy atom. The van der Waals surface area contributed by atoms with Crippen LogP contribution in [0.1, 0.15) is 47.5 Å². The molecule has 0 radical (unpaired) electrons. The first kappa shape index (κ1) is 26.7. The highest BCUT2D eigenvalue weighted by atomic mass is 16.6. The molecule has 0 spiro atoms. The first-order valence-corrected chi connectivity index (χ1v) is 9.83. The van der Waals surface area contributed by atoms with Gasteiger partial charge in [-0.1, -0.05) is 26.8 Å². The quantitative estimate of drug-likeness (QED) is 0.182. The van der Waals surface area contributed by atoms with Gasteiger partial charge in [0.2, 0.25) is 0 Å². The summed E-state index contributed by atoms with van der Waals surface area (Å²) in [5.41, 5.74) is 0.358. The minimum atomic E-state index is -0.552. The topological polar surface area (TPSA) is 123 Å². The van der Waals surface area contributed by atoms with E-state index in [4.69, 9.17) is 19.3 Å². The maximum absolute atomic E-state index is 11.6. The van der Waals surface area contributed by atoms with Crippen molar-refractivity contribution in [1.82, 2.24) is 10.6 Å². The molecule has 0 fully saturated rings. The van der Waals surface area contributed by atoms with Crippen molar-refractivity contribution in [1.29, 1.82) is 0 Å². The largest absolute Gasteiger partial charge is 0.459 e. The van der Waals surface area contributed by atoms with Gasteiger partial charge in [0.25, 0.3) is 0 Å². The lowest BCUT2D eigenvalue weighted by Crippen LogP contribution is -2.36. The first-order chi connectivity index (χ1) is 13.6. The second kappa shape index (κ2) is 14.7. The molecule has 0 aromatic carbocycles. The molecule has 168 valence electrons. The number of hydrogen-bond acceptors (Lipinski definition) is 7. The molecule has 0 aliphatic heterocycles. The number of rotatable bonds is 13. The van der Waals surface area contributed by atoms with Gasteiger partial charge in [0, 0.05) is 18.7 Å². The molecule has 0 heterocycles. The normalized spacial score (nSPS) is 12.7. The summed E-state index contributed by atoms with van der Waals surface area (Å²) in [6.07, 6.45) is 2.14. The molecule has 29 heavy (non-hydrogen) atoms. The number of esters is 1. The Hall–Kier alpha value is -2.29. The maximum Gasteiger partial charge on any atom is 0.407 e. The van der Waals surface area contributed by atoms with E-state index in [9.17, 15) is 14.4 Å². The van der Waals surface area contributed by atoms with Crippen molar-refractivity contribution < 1.29 is 33.7 Å². The van der Waals surface area contributed by atoms with E-state index in [1.807, 2.05) is 13.8 Å². The van der Waals surface area contributed by atoms with Gasteiger partial charge in [-0.3, -0.25) is 0 Å². The van der Waals surface area contributed by atoms with Crippen LogP contribution in [0.25, 0.3) is 0 Å². The fourth-order valence-corrected chi connectivity index (χ4v) is 2.59. The van der Waals surface area contributed by atoms with Crippen LogP contribution in [-0.4, -0.2) is 62.8 Å². The molecule has 1 atom stereocenters. The van der Waals surface area contributed by atoms with Crippen molar-refractivity contribution in [2.45, 2.75) is 47.5 Å². The highest BCUT2D eigenvalue weighted by Gasteiger charge is 2.22. The van der Waals surface area contributed by atoms with Crippen LogP contribution in [0.2, 0.25) is 0 Å². The van der Waals surface area contributed by atoms with Crippen molar-refractivity contribution in [3.05, 3.63) is 11.6 Å². The molecule has 0 aromatic heterocycles. The molecule has 1 unspecified atom stereocenters. The van der Waals surface area contributed by atoms with E-state index in [-0.39, 0.29) is 31.8 Å². The number of amides is 2. The Bertz CT molecular complexity index is 547. The summed E-state index contributed by atoms with van der Waals surface area (Å²) in [4.78, 5) is 34.5. The van der Waals surface area contributed by atoms with Crippen molar-refractivity contribution in [2.24, 2.45) is 11.3 Å². The molecule has 0 bridgehead atoms. The van der Waals surface area contributed by atoms with E-state index in [1.165, 1.54) is 0 Å². The van der Waals surface area contributed by atoms with Gasteiger partial charge in [0.1, 0.15) is 19.8 Å². The van der Waals surface area contributed by atoms with Gasteiger partial charge in [-0.05, 0) is 38.0 Å². The third-order valence-electron chi connectivity index (χ3n) is 4.15. The predicted molar refractivity (Wildman–Crippen MR) is 108 cm³/mol. The monoisotopic (exact) mass is 416 g/mol. The molecule has 3 N–H and O–H groups in total. The lowest BCUT2D eigenvalue weighted by atomic mass is 9.82. The number of ether oxygens (including phenoxy) is 3. The Morgan fingerprint density at radius 3 is 2.24 bits per heavy atom.